The first-order valence-electron chi connectivity index (χ1n) is 8.25. The maximum absolute atomic E-state index is 12.4. The summed E-state index contributed by atoms with van der Waals surface area (Å²) < 4.78 is 0. The first kappa shape index (κ1) is 17.8. The molecule has 0 spiro atoms. The second-order valence-corrected chi connectivity index (χ2v) is 5.74. The molecule has 0 aliphatic rings. The number of amides is 2. The minimum atomic E-state index is -0.433. The maximum atomic E-state index is 12.4. The average molecular weight is 356 g/mol. The fourth-order valence-corrected chi connectivity index (χ4v) is 2.40. The van der Waals surface area contributed by atoms with E-state index in [2.05, 4.69) is 15.6 Å². The number of hydrogen-bond acceptors (Lipinski definition) is 4. The number of pyridine rings is 1. The van der Waals surface area contributed by atoms with E-state index in [0.29, 0.717) is 23.4 Å². The van der Waals surface area contributed by atoms with Crippen LogP contribution < -0.4 is 10.6 Å². The Bertz CT molecular complexity index is 993. The summed E-state index contributed by atoms with van der Waals surface area (Å²) in [4.78, 5) is 28.7. The predicted molar refractivity (Wildman–Crippen MR) is 101 cm³/mol. The molecule has 6 heteroatoms. The van der Waals surface area contributed by atoms with Crippen molar-refractivity contribution >= 4 is 17.5 Å². The number of nitriles is 1. The molecule has 2 aromatic carbocycles. The fourth-order valence-electron chi connectivity index (χ4n) is 2.40. The van der Waals surface area contributed by atoms with Gasteiger partial charge in [0.05, 0.1) is 11.6 Å². The molecule has 3 rings (SSSR count). The minimum Gasteiger partial charge on any atom is -0.348 e. The van der Waals surface area contributed by atoms with Gasteiger partial charge < -0.3 is 10.6 Å². The molecule has 3 aromatic rings. The molecule has 2 N–H and O–H groups in total. The van der Waals surface area contributed by atoms with Crippen LogP contribution in [0.1, 0.15) is 32.0 Å². The van der Waals surface area contributed by atoms with Crippen molar-refractivity contribution in [1.82, 2.24) is 10.3 Å². The van der Waals surface area contributed by atoms with Gasteiger partial charge in [-0.1, -0.05) is 30.3 Å². The molecule has 2 amide bonds. The highest BCUT2D eigenvalue weighted by atomic mass is 16.2. The molecule has 1 heterocycles. The molecule has 0 radical (unpaired) electrons. The zero-order valence-corrected chi connectivity index (χ0v) is 14.3. The molecule has 0 saturated carbocycles. The molecule has 132 valence electrons. The maximum Gasteiger partial charge on any atom is 0.274 e. The number of rotatable bonds is 5. The van der Waals surface area contributed by atoms with Crippen LogP contribution in [-0.4, -0.2) is 16.8 Å². The normalized spacial score (nSPS) is 9.89. The van der Waals surface area contributed by atoms with Crippen molar-refractivity contribution in [2.45, 2.75) is 6.54 Å². The van der Waals surface area contributed by atoms with Crippen molar-refractivity contribution in [3.8, 4) is 6.07 Å². The summed E-state index contributed by atoms with van der Waals surface area (Å²) in [7, 11) is 0. The first-order valence-corrected chi connectivity index (χ1v) is 8.25. The molecule has 0 aliphatic carbocycles. The van der Waals surface area contributed by atoms with E-state index < -0.39 is 5.91 Å². The molecule has 6 nitrogen and oxygen atoms in total. The van der Waals surface area contributed by atoms with E-state index in [1.807, 2.05) is 36.4 Å². The van der Waals surface area contributed by atoms with Crippen LogP contribution in [0.3, 0.4) is 0 Å². The fraction of sp³-hybridized carbons (Fsp3) is 0.0476. The van der Waals surface area contributed by atoms with E-state index in [-0.39, 0.29) is 11.6 Å². The Hall–Kier alpha value is -3.98. The molecule has 0 bridgehead atoms. The standard InChI is InChI=1S/C21H16N4O2/c22-13-15-6-8-18(9-7-15)25-21(27)19-12-17(10-11-23-19)20(26)24-14-16-4-2-1-3-5-16/h1-12H,14H2,(H,24,26)(H,25,27). The van der Waals surface area contributed by atoms with Gasteiger partial charge in [0, 0.05) is 24.0 Å². The van der Waals surface area contributed by atoms with Crippen molar-refractivity contribution in [3.63, 3.8) is 0 Å². The van der Waals surface area contributed by atoms with Crippen LogP contribution in [0.4, 0.5) is 5.69 Å². The molecule has 0 aliphatic heterocycles. The summed E-state index contributed by atoms with van der Waals surface area (Å²) in [6.07, 6.45) is 1.42. The lowest BCUT2D eigenvalue weighted by Gasteiger charge is -2.08. The largest absolute Gasteiger partial charge is 0.348 e. The zero-order chi connectivity index (χ0) is 19.1. The Kier molecular flexibility index (Phi) is 5.55. The smallest absolute Gasteiger partial charge is 0.274 e. The number of benzene rings is 2. The Balaban J connectivity index is 1.65. The van der Waals surface area contributed by atoms with Gasteiger partial charge in [-0.25, -0.2) is 0 Å². The summed E-state index contributed by atoms with van der Waals surface area (Å²) in [6, 6.07) is 21.0. The highest BCUT2D eigenvalue weighted by molar-refractivity contribution is 6.04. The highest BCUT2D eigenvalue weighted by Gasteiger charge is 2.12. The number of nitrogens with zero attached hydrogens (tertiary/aromatic N) is 2. The molecule has 0 fully saturated rings. The lowest BCUT2D eigenvalue weighted by molar-refractivity contribution is 0.0951. The molecular formula is C21H16N4O2. The second-order valence-electron chi connectivity index (χ2n) is 5.74. The average Bonchev–Trinajstić information content (AvgIpc) is 2.73. The third-order valence-corrected chi connectivity index (χ3v) is 3.82. The highest BCUT2D eigenvalue weighted by Crippen LogP contribution is 2.11. The van der Waals surface area contributed by atoms with Crippen LogP contribution in [0.5, 0.6) is 0 Å². The van der Waals surface area contributed by atoms with Gasteiger partial charge in [-0.2, -0.15) is 5.26 Å². The number of anilines is 1. The van der Waals surface area contributed by atoms with E-state index in [9.17, 15) is 9.59 Å². The summed E-state index contributed by atoms with van der Waals surface area (Å²) in [6.45, 7) is 0.398. The molecule has 1 aromatic heterocycles. The quantitative estimate of drug-likeness (QED) is 0.734. The van der Waals surface area contributed by atoms with Gasteiger partial charge in [-0.05, 0) is 42.0 Å². The number of carbonyl (C=O) groups excluding carboxylic acids is 2. The molecular weight excluding hydrogens is 340 g/mol. The predicted octanol–water partition coefficient (Wildman–Crippen LogP) is 3.14. The van der Waals surface area contributed by atoms with E-state index in [1.54, 1.807) is 30.3 Å². The Morgan fingerprint density at radius 2 is 1.70 bits per heavy atom. The first-order chi connectivity index (χ1) is 13.2. The zero-order valence-electron chi connectivity index (χ0n) is 14.3. The Labute approximate surface area is 156 Å². The van der Waals surface area contributed by atoms with E-state index >= 15 is 0 Å². The molecule has 27 heavy (non-hydrogen) atoms. The van der Waals surface area contributed by atoms with Crippen LogP contribution >= 0.6 is 0 Å². The van der Waals surface area contributed by atoms with Crippen molar-refractivity contribution < 1.29 is 9.59 Å². The molecule has 0 saturated heterocycles. The minimum absolute atomic E-state index is 0.131. The molecule has 0 unspecified atom stereocenters. The summed E-state index contributed by atoms with van der Waals surface area (Å²) in [5, 5.41) is 14.3. The van der Waals surface area contributed by atoms with Crippen molar-refractivity contribution in [3.05, 3.63) is 95.3 Å². The van der Waals surface area contributed by atoms with Crippen LogP contribution in [-0.2, 0) is 6.54 Å². The van der Waals surface area contributed by atoms with Gasteiger partial charge in [0.15, 0.2) is 0 Å². The topological polar surface area (TPSA) is 94.9 Å². The summed E-state index contributed by atoms with van der Waals surface area (Å²) >= 11 is 0. The van der Waals surface area contributed by atoms with Crippen LogP contribution in [0.25, 0.3) is 0 Å². The van der Waals surface area contributed by atoms with Crippen LogP contribution in [0, 0.1) is 11.3 Å². The molecule has 0 atom stereocenters. The lowest BCUT2D eigenvalue weighted by Crippen LogP contribution is -2.23. The number of carbonyl (C=O) groups is 2. The SMILES string of the molecule is N#Cc1ccc(NC(=O)c2cc(C(=O)NCc3ccccc3)ccn2)cc1. The van der Waals surface area contributed by atoms with Gasteiger partial charge in [-0.3, -0.25) is 14.6 Å². The van der Waals surface area contributed by atoms with Gasteiger partial charge in [0.2, 0.25) is 0 Å². The lowest BCUT2D eigenvalue weighted by atomic mass is 10.2. The van der Waals surface area contributed by atoms with Gasteiger partial charge in [-0.15, -0.1) is 0 Å². The monoisotopic (exact) mass is 356 g/mol. The van der Waals surface area contributed by atoms with Crippen LogP contribution in [0.2, 0.25) is 0 Å². The van der Waals surface area contributed by atoms with Gasteiger partial charge >= 0.3 is 0 Å². The van der Waals surface area contributed by atoms with Gasteiger partial charge in [0.25, 0.3) is 11.8 Å². The summed E-state index contributed by atoms with van der Waals surface area (Å²) in [5.41, 5.74) is 2.51. The van der Waals surface area contributed by atoms with E-state index in [1.165, 1.54) is 12.3 Å². The number of hydrogen-bond donors (Lipinski definition) is 2. The van der Waals surface area contributed by atoms with Crippen molar-refractivity contribution in [2.24, 2.45) is 0 Å². The third-order valence-electron chi connectivity index (χ3n) is 3.82. The van der Waals surface area contributed by atoms with Gasteiger partial charge in [0.1, 0.15) is 5.69 Å². The Morgan fingerprint density at radius 3 is 2.41 bits per heavy atom. The van der Waals surface area contributed by atoms with Crippen molar-refractivity contribution in [1.29, 1.82) is 5.26 Å². The second kappa shape index (κ2) is 8.41. The Morgan fingerprint density at radius 1 is 0.963 bits per heavy atom. The third kappa shape index (κ3) is 4.77. The van der Waals surface area contributed by atoms with Crippen molar-refractivity contribution in [2.75, 3.05) is 5.32 Å². The number of aromatic nitrogens is 1. The van der Waals surface area contributed by atoms with Crippen LogP contribution in [0.15, 0.2) is 72.9 Å². The van der Waals surface area contributed by atoms with E-state index in [0.717, 1.165) is 5.56 Å². The summed E-state index contributed by atoms with van der Waals surface area (Å²) in [5.74, 6) is -0.717. The number of nitrogens with one attached hydrogen (secondary N) is 2. The van der Waals surface area contributed by atoms with E-state index in [4.69, 9.17) is 5.26 Å².